The van der Waals surface area contributed by atoms with Crippen LogP contribution < -0.4 is 20.1 Å². The number of piperazine rings is 1. The van der Waals surface area contributed by atoms with Gasteiger partial charge in [0, 0.05) is 62.3 Å². The largest absolute Gasteiger partial charge is 0.488 e. The van der Waals surface area contributed by atoms with E-state index >= 15 is 0 Å². The molecule has 3 aromatic heterocycles. The summed E-state index contributed by atoms with van der Waals surface area (Å²) < 4.78 is 67.6. The molecule has 2 aliphatic rings. The number of nitrogen functional groups attached to an aromatic ring is 1. The van der Waals surface area contributed by atoms with Crippen LogP contribution in [0.2, 0.25) is 0 Å². The highest BCUT2D eigenvalue weighted by atomic mass is 32.2. The minimum atomic E-state index is -3.31. The van der Waals surface area contributed by atoms with Crippen molar-refractivity contribution in [2.45, 2.75) is 45.8 Å². The summed E-state index contributed by atoms with van der Waals surface area (Å²) in [5, 5.41) is 5.13. The van der Waals surface area contributed by atoms with Gasteiger partial charge in [0.15, 0.2) is 11.6 Å². The summed E-state index contributed by atoms with van der Waals surface area (Å²) in [7, 11) is -3.31. The maximum absolute atomic E-state index is 14.1. The Morgan fingerprint density at radius 1 is 0.981 bits per heavy atom. The second-order valence-electron chi connectivity index (χ2n) is 13.8. The van der Waals surface area contributed by atoms with Crippen LogP contribution in [0.1, 0.15) is 48.3 Å². The Kier molecular flexibility index (Phi) is 9.86. The van der Waals surface area contributed by atoms with E-state index in [4.69, 9.17) is 15.2 Å². The van der Waals surface area contributed by atoms with Gasteiger partial charge in [-0.25, -0.2) is 26.9 Å². The van der Waals surface area contributed by atoms with Crippen LogP contribution in [0.3, 0.4) is 0 Å². The van der Waals surface area contributed by atoms with Gasteiger partial charge in [-0.15, -0.1) is 0 Å². The van der Waals surface area contributed by atoms with E-state index in [1.807, 2.05) is 12.1 Å². The maximum Gasteiger partial charge on any atom is 0.219 e. The summed E-state index contributed by atoms with van der Waals surface area (Å²) in [6.07, 6.45) is 5.78. The number of piperidine rings is 1. The highest BCUT2D eigenvalue weighted by Gasteiger charge is 2.29. The summed E-state index contributed by atoms with van der Waals surface area (Å²) in [6.45, 7) is 9.68. The molecule has 2 aromatic carbocycles. The first-order chi connectivity index (χ1) is 25.3. The highest BCUT2D eigenvalue weighted by molar-refractivity contribution is 7.88. The third kappa shape index (κ3) is 7.43. The van der Waals surface area contributed by atoms with Crippen molar-refractivity contribution in [1.82, 2.24) is 29.0 Å². The van der Waals surface area contributed by atoms with Gasteiger partial charge in [-0.3, -0.25) is 4.79 Å². The normalized spacial score (nSPS) is 16.5. The molecule has 16 heteroatoms. The van der Waals surface area contributed by atoms with Crippen LogP contribution in [-0.4, -0.2) is 101 Å². The molecule has 7 rings (SSSR count). The van der Waals surface area contributed by atoms with E-state index < -0.39 is 27.4 Å². The fourth-order valence-corrected chi connectivity index (χ4v) is 7.74. The molecule has 13 nitrogen and oxygen atoms in total. The van der Waals surface area contributed by atoms with Gasteiger partial charge in [0.05, 0.1) is 41.3 Å². The van der Waals surface area contributed by atoms with E-state index in [0.717, 1.165) is 49.1 Å². The number of nitrogens with one attached hydrogen (secondary N) is 1. The number of rotatable bonds is 10. The molecule has 2 saturated heterocycles. The second kappa shape index (κ2) is 14.4. The quantitative estimate of drug-likeness (QED) is 0.181. The van der Waals surface area contributed by atoms with E-state index in [9.17, 15) is 22.0 Å². The molecule has 5 aromatic rings. The summed E-state index contributed by atoms with van der Waals surface area (Å²) in [5.41, 5.74) is 9.52. The first-order valence-corrected chi connectivity index (χ1v) is 19.4. The first kappa shape index (κ1) is 36.3. The Bertz CT molecular complexity index is 2260. The summed E-state index contributed by atoms with van der Waals surface area (Å²) in [6, 6.07) is 11.0. The van der Waals surface area contributed by atoms with Crippen molar-refractivity contribution in [2.75, 3.05) is 56.2 Å². The minimum absolute atomic E-state index is 0.0171. The highest BCUT2D eigenvalue weighted by Crippen LogP contribution is 2.37. The third-order valence-corrected chi connectivity index (χ3v) is 11.3. The van der Waals surface area contributed by atoms with Crippen molar-refractivity contribution >= 4 is 38.2 Å². The van der Waals surface area contributed by atoms with E-state index in [1.54, 1.807) is 13.0 Å². The fourth-order valence-electron chi connectivity index (χ4n) is 6.92. The van der Waals surface area contributed by atoms with E-state index in [1.165, 1.54) is 39.8 Å². The van der Waals surface area contributed by atoms with Crippen LogP contribution in [0.5, 0.6) is 17.4 Å². The first-order valence-electron chi connectivity index (χ1n) is 17.5. The van der Waals surface area contributed by atoms with Crippen LogP contribution in [-0.2, 0) is 10.0 Å². The number of para-hydroxylation sites is 1. The van der Waals surface area contributed by atoms with Gasteiger partial charge >= 0.3 is 0 Å². The van der Waals surface area contributed by atoms with Gasteiger partial charge in [-0.1, -0.05) is 6.07 Å². The summed E-state index contributed by atoms with van der Waals surface area (Å²) >= 11 is 0. The van der Waals surface area contributed by atoms with Gasteiger partial charge in [-0.2, -0.15) is 9.40 Å². The molecule has 0 amide bonds. The predicted octanol–water partition coefficient (Wildman–Crippen LogP) is 5.27. The number of carbonyl (C=O) groups excluding carboxylic acids is 1. The average Bonchev–Trinajstić information content (AvgIpc) is 3.72. The number of ketones is 1. The summed E-state index contributed by atoms with van der Waals surface area (Å²) in [4.78, 5) is 25.9. The molecule has 3 N–H and O–H groups in total. The van der Waals surface area contributed by atoms with Gasteiger partial charge < -0.3 is 30.0 Å². The van der Waals surface area contributed by atoms with E-state index in [2.05, 4.69) is 38.7 Å². The Hall–Kier alpha value is -5.06. The number of sulfonamides is 1. The number of pyridine rings is 1. The molecule has 0 radical (unpaired) electrons. The van der Waals surface area contributed by atoms with Crippen molar-refractivity contribution in [3.05, 3.63) is 83.3 Å². The number of likely N-dealkylation sites (tertiary alicyclic amines) is 1. The Labute approximate surface area is 306 Å². The average molecular weight is 749 g/mol. The number of nitrogens with zero attached hydrogens (tertiary/aromatic N) is 6. The lowest BCUT2D eigenvalue weighted by Crippen LogP contribution is -2.48. The topological polar surface area (TPSA) is 152 Å². The molecule has 2 fully saturated rings. The monoisotopic (exact) mass is 748 g/mol. The third-order valence-electron chi connectivity index (χ3n) is 9.96. The number of ether oxygens (including phenoxy) is 2. The standard InChI is InChI=1S/C37H42F2N8O5S/c1-22(2)44-10-8-25(9-11-44)51-33-18-24-17-30(43-29(24)19-31(33)45-12-14-46(15-13-45)53(4,49)50)35(48)26-20-42-47(37(26)40)32-21-41-34(16-23(32)3)52-36-27(38)6-5-7-28(36)39/h5-7,16-22,25,43H,8-15,40H2,1-4H3. The molecular weight excluding hydrogens is 707 g/mol. The van der Waals surface area contributed by atoms with E-state index in [-0.39, 0.29) is 29.1 Å². The minimum Gasteiger partial charge on any atom is -0.488 e. The number of anilines is 2. The molecule has 0 unspecified atom stereocenters. The fraction of sp³-hybridized carbons (Fsp3) is 0.378. The number of hydrogen-bond acceptors (Lipinski definition) is 10. The SMILES string of the molecule is Cc1cc(Oc2c(F)cccc2F)ncc1-n1ncc(C(=O)c2cc3cc(OC4CCN(C(C)C)CC4)c(N4CCN(S(C)(=O)=O)CC4)cc3[nH]2)c1N. The Balaban J connectivity index is 1.15. The lowest BCUT2D eigenvalue weighted by molar-refractivity contribution is 0.0846. The van der Waals surface area contributed by atoms with Crippen molar-refractivity contribution in [3.8, 4) is 23.1 Å². The summed E-state index contributed by atoms with van der Waals surface area (Å²) in [5.74, 6) is -1.93. The lowest BCUT2D eigenvalue weighted by atomic mass is 10.1. The van der Waals surface area contributed by atoms with Gasteiger partial charge in [0.25, 0.3) is 0 Å². The Morgan fingerprint density at radius 3 is 2.32 bits per heavy atom. The van der Waals surface area contributed by atoms with Crippen molar-refractivity contribution in [3.63, 3.8) is 0 Å². The predicted molar refractivity (Wildman–Crippen MR) is 198 cm³/mol. The number of H-pyrrole nitrogens is 1. The zero-order valence-electron chi connectivity index (χ0n) is 30.0. The lowest BCUT2D eigenvalue weighted by Gasteiger charge is -2.37. The molecule has 0 saturated carbocycles. The maximum atomic E-state index is 14.1. The number of hydrogen-bond donors (Lipinski definition) is 2. The number of benzene rings is 2. The molecule has 0 spiro atoms. The number of aryl methyl sites for hydroxylation is 1. The van der Waals surface area contributed by atoms with E-state index in [0.29, 0.717) is 60.4 Å². The van der Waals surface area contributed by atoms with Crippen molar-refractivity contribution in [2.24, 2.45) is 0 Å². The van der Waals surface area contributed by atoms with Crippen LogP contribution in [0.4, 0.5) is 20.3 Å². The number of nitrogens with two attached hydrogens (primary N) is 1. The number of fused-ring (bicyclic) bond motifs is 1. The molecule has 0 aliphatic carbocycles. The molecular formula is C37H42F2N8O5S. The zero-order chi connectivity index (χ0) is 37.6. The smallest absolute Gasteiger partial charge is 0.219 e. The molecule has 5 heterocycles. The molecule has 53 heavy (non-hydrogen) atoms. The molecule has 0 atom stereocenters. The number of aromatic amines is 1. The van der Waals surface area contributed by atoms with Crippen molar-refractivity contribution in [1.29, 1.82) is 0 Å². The number of halogens is 2. The van der Waals surface area contributed by atoms with Gasteiger partial charge in [0.2, 0.25) is 27.4 Å². The van der Waals surface area contributed by atoms with Crippen LogP contribution in [0.25, 0.3) is 16.6 Å². The second-order valence-corrected chi connectivity index (χ2v) is 15.8. The van der Waals surface area contributed by atoms with Crippen LogP contribution in [0.15, 0.2) is 54.9 Å². The van der Waals surface area contributed by atoms with Crippen molar-refractivity contribution < 1.29 is 31.5 Å². The van der Waals surface area contributed by atoms with Crippen LogP contribution in [0, 0.1) is 18.6 Å². The number of carbonyl (C=O) groups is 1. The Morgan fingerprint density at radius 2 is 1.68 bits per heavy atom. The zero-order valence-corrected chi connectivity index (χ0v) is 30.8. The molecule has 280 valence electrons. The van der Waals surface area contributed by atoms with Gasteiger partial charge in [0.1, 0.15) is 17.7 Å². The van der Waals surface area contributed by atoms with Crippen LogP contribution >= 0.6 is 0 Å². The molecule has 2 aliphatic heterocycles. The number of aromatic nitrogens is 4. The molecule has 0 bridgehead atoms. The van der Waals surface area contributed by atoms with Gasteiger partial charge in [-0.05, 0) is 69.5 Å².